The first kappa shape index (κ1) is 10.7. The lowest BCUT2D eigenvalue weighted by molar-refractivity contribution is 0.629. The van der Waals surface area contributed by atoms with Crippen molar-refractivity contribution >= 4 is 16.6 Å². The Kier molecular flexibility index (Phi) is 2.41. The molecule has 0 aliphatic rings. The number of rotatable bonds is 1. The highest BCUT2D eigenvalue weighted by atomic mass is 19.1. The molecule has 4 heteroatoms. The van der Waals surface area contributed by atoms with Crippen LogP contribution in [0.3, 0.4) is 0 Å². The molecule has 0 saturated heterocycles. The van der Waals surface area contributed by atoms with Gasteiger partial charge in [-0.05, 0) is 24.3 Å². The summed E-state index contributed by atoms with van der Waals surface area (Å²) in [7, 11) is 0. The van der Waals surface area contributed by atoms with Gasteiger partial charge < -0.3 is 5.73 Å². The molecule has 0 unspecified atom stereocenters. The summed E-state index contributed by atoms with van der Waals surface area (Å²) in [5.74, 6) is -0.286. The zero-order valence-electron chi connectivity index (χ0n) is 9.47. The lowest BCUT2D eigenvalue weighted by Crippen LogP contribution is -1.91. The van der Waals surface area contributed by atoms with E-state index in [1.807, 2.05) is 12.1 Å². The van der Waals surface area contributed by atoms with Crippen molar-refractivity contribution in [2.24, 2.45) is 0 Å². The van der Waals surface area contributed by atoms with Crippen LogP contribution in [0.5, 0.6) is 0 Å². The van der Waals surface area contributed by atoms with Crippen LogP contribution in [0.25, 0.3) is 22.0 Å². The van der Waals surface area contributed by atoms with Gasteiger partial charge in [-0.2, -0.15) is 0 Å². The molecule has 0 bridgehead atoms. The number of nitrogens with two attached hydrogens (primary N) is 1. The lowest BCUT2D eigenvalue weighted by atomic mass is 10.1. The van der Waals surface area contributed by atoms with E-state index in [-0.39, 0.29) is 5.82 Å². The van der Waals surface area contributed by atoms with Gasteiger partial charge in [0.1, 0.15) is 5.82 Å². The average Bonchev–Trinajstić information content (AvgIpc) is 2.39. The third-order valence-corrected chi connectivity index (χ3v) is 2.81. The fourth-order valence-electron chi connectivity index (χ4n) is 1.91. The Morgan fingerprint density at radius 2 is 1.94 bits per heavy atom. The van der Waals surface area contributed by atoms with E-state index in [0.29, 0.717) is 11.2 Å². The number of nitrogens with zero attached hydrogens (tertiary/aromatic N) is 2. The molecule has 2 heterocycles. The van der Waals surface area contributed by atoms with Crippen molar-refractivity contribution in [2.45, 2.75) is 0 Å². The Morgan fingerprint density at radius 3 is 2.78 bits per heavy atom. The maximum Gasteiger partial charge on any atom is 0.125 e. The second-order valence-corrected chi connectivity index (χ2v) is 4.02. The summed E-state index contributed by atoms with van der Waals surface area (Å²) in [5, 5.41) is 0.880. The van der Waals surface area contributed by atoms with E-state index in [0.717, 1.165) is 16.5 Å². The highest BCUT2D eigenvalue weighted by Crippen LogP contribution is 2.26. The maximum absolute atomic E-state index is 13.1. The summed E-state index contributed by atoms with van der Waals surface area (Å²) < 4.78 is 13.1. The number of hydrogen-bond donors (Lipinski definition) is 1. The summed E-state index contributed by atoms with van der Waals surface area (Å²) >= 11 is 0. The third kappa shape index (κ3) is 1.78. The Morgan fingerprint density at radius 1 is 1.06 bits per heavy atom. The normalized spacial score (nSPS) is 10.7. The van der Waals surface area contributed by atoms with Crippen molar-refractivity contribution in [1.29, 1.82) is 0 Å². The minimum atomic E-state index is -0.286. The summed E-state index contributed by atoms with van der Waals surface area (Å²) in [5.41, 5.74) is 8.87. The van der Waals surface area contributed by atoms with Crippen molar-refractivity contribution in [3.8, 4) is 11.1 Å². The van der Waals surface area contributed by atoms with Gasteiger partial charge in [-0.1, -0.05) is 0 Å². The van der Waals surface area contributed by atoms with Gasteiger partial charge >= 0.3 is 0 Å². The van der Waals surface area contributed by atoms with Crippen LogP contribution >= 0.6 is 0 Å². The average molecular weight is 239 g/mol. The third-order valence-electron chi connectivity index (χ3n) is 2.81. The molecule has 0 aliphatic carbocycles. The molecule has 0 aliphatic heterocycles. The second kappa shape index (κ2) is 4.07. The SMILES string of the molecule is Nc1cnccc1-c1cnc2cc(F)ccc2c1. The predicted octanol–water partition coefficient (Wildman–Crippen LogP) is 3.02. The molecule has 0 saturated carbocycles. The van der Waals surface area contributed by atoms with E-state index < -0.39 is 0 Å². The van der Waals surface area contributed by atoms with Crippen LogP contribution in [0.2, 0.25) is 0 Å². The Bertz CT molecular complexity index is 725. The summed E-state index contributed by atoms with van der Waals surface area (Å²) in [4.78, 5) is 8.19. The van der Waals surface area contributed by atoms with Crippen LogP contribution < -0.4 is 5.73 Å². The van der Waals surface area contributed by atoms with Crippen LogP contribution in [0.1, 0.15) is 0 Å². The molecule has 1 aromatic carbocycles. The fourth-order valence-corrected chi connectivity index (χ4v) is 1.91. The van der Waals surface area contributed by atoms with Crippen LogP contribution in [-0.2, 0) is 0 Å². The van der Waals surface area contributed by atoms with E-state index in [2.05, 4.69) is 9.97 Å². The fraction of sp³-hybridized carbons (Fsp3) is 0. The van der Waals surface area contributed by atoms with Gasteiger partial charge in [0.15, 0.2) is 0 Å². The van der Waals surface area contributed by atoms with Crippen molar-refractivity contribution < 1.29 is 4.39 Å². The number of fused-ring (bicyclic) bond motifs is 1. The van der Waals surface area contributed by atoms with E-state index in [1.54, 1.807) is 24.7 Å². The standard InChI is InChI=1S/C14H10FN3/c15-11-2-1-9-5-10(7-18-14(9)6-11)12-3-4-17-8-13(12)16/h1-8H,16H2. The predicted molar refractivity (Wildman–Crippen MR) is 69.3 cm³/mol. The Hall–Kier alpha value is -2.49. The molecule has 0 atom stereocenters. The van der Waals surface area contributed by atoms with Crippen LogP contribution in [0.15, 0.2) is 48.9 Å². The highest BCUT2D eigenvalue weighted by Gasteiger charge is 2.04. The smallest absolute Gasteiger partial charge is 0.125 e. The number of anilines is 1. The first-order valence-corrected chi connectivity index (χ1v) is 5.49. The molecular formula is C14H10FN3. The zero-order valence-corrected chi connectivity index (χ0v) is 9.47. The minimum absolute atomic E-state index is 0.286. The number of halogens is 1. The number of pyridine rings is 2. The summed E-state index contributed by atoms with van der Waals surface area (Å²) in [6, 6.07) is 8.31. The largest absolute Gasteiger partial charge is 0.397 e. The van der Waals surface area contributed by atoms with Gasteiger partial charge in [0.2, 0.25) is 0 Å². The zero-order chi connectivity index (χ0) is 12.5. The first-order chi connectivity index (χ1) is 8.74. The monoisotopic (exact) mass is 239 g/mol. The molecule has 0 amide bonds. The first-order valence-electron chi connectivity index (χ1n) is 5.49. The molecule has 18 heavy (non-hydrogen) atoms. The Balaban J connectivity index is 2.20. The minimum Gasteiger partial charge on any atom is -0.397 e. The van der Waals surface area contributed by atoms with E-state index in [1.165, 1.54) is 12.1 Å². The molecule has 0 spiro atoms. The van der Waals surface area contributed by atoms with Gasteiger partial charge in [-0.3, -0.25) is 9.97 Å². The van der Waals surface area contributed by atoms with E-state index >= 15 is 0 Å². The van der Waals surface area contributed by atoms with Crippen molar-refractivity contribution in [3.63, 3.8) is 0 Å². The molecule has 0 fully saturated rings. The van der Waals surface area contributed by atoms with Crippen molar-refractivity contribution in [3.05, 3.63) is 54.7 Å². The molecule has 3 aromatic rings. The highest BCUT2D eigenvalue weighted by molar-refractivity contribution is 5.86. The van der Waals surface area contributed by atoms with Gasteiger partial charge in [0.25, 0.3) is 0 Å². The number of benzene rings is 1. The molecule has 2 aromatic heterocycles. The van der Waals surface area contributed by atoms with Gasteiger partial charge in [0, 0.05) is 35.0 Å². The number of nitrogen functional groups attached to an aromatic ring is 1. The van der Waals surface area contributed by atoms with Crippen molar-refractivity contribution in [2.75, 3.05) is 5.73 Å². The molecule has 3 rings (SSSR count). The quantitative estimate of drug-likeness (QED) is 0.710. The number of hydrogen-bond acceptors (Lipinski definition) is 3. The number of aromatic nitrogens is 2. The van der Waals surface area contributed by atoms with Crippen LogP contribution in [0, 0.1) is 5.82 Å². The second-order valence-electron chi connectivity index (χ2n) is 4.02. The van der Waals surface area contributed by atoms with E-state index in [4.69, 9.17) is 5.73 Å². The van der Waals surface area contributed by atoms with Gasteiger partial charge in [-0.25, -0.2) is 4.39 Å². The molecule has 0 radical (unpaired) electrons. The lowest BCUT2D eigenvalue weighted by Gasteiger charge is -2.06. The maximum atomic E-state index is 13.1. The Labute approximate surface area is 103 Å². The van der Waals surface area contributed by atoms with Gasteiger partial charge in [0.05, 0.1) is 17.4 Å². The summed E-state index contributed by atoms with van der Waals surface area (Å²) in [6.07, 6.45) is 4.97. The molecule has 88 valence electrons. The van der Waals surface area contributed by atoms with Crippen molar-refractivity contribution in [1.82, 2.24) is 9.97 Å². The molecule has 3 nitrogen and oxygen atoms in total. The topological polar surface area (TPSA) is 51.8 Å². The molecule has 2 N–H and O–H groups in total. The van der Waals surface area contributed by atoms with Crippen LogP contribution in [-0.4, -0.2) is 9.97 Å². The summed E-state index contributed by atoms with van der Waals surface area (Å²) in [6.45, 7) is 0. The molecular weight excluding hydrogens is 229 g/mol. The van der Waals surface area contributed by atoms with E-state index in [9.17, 15) is 4.39 Å². The van der Waals surface area contributed by atoms with Gasteiger partial charge in [-0.15, -0.1) is 0 Å². The van der Waals surface area contributed by atoms with Crippen LogP contribution in [0.4, 0.5) is 10.1 Å².